The maximum absolute atomic E-state index is 11.8. The van der Waals surface area contributed by atoms with Crippen molar-refractivity contribution in [2.45, 2.75) is 50.4 Å². The van der Waals surface area contributed by atoms with Crippen LogP contribution >= 0.6 is 0 Å². The average Bonchev–Trinajstić information content (AvgIpc) is 2.99. The molecule has 4 atom stereocenters. The van der Waals surface area contributed by atoms with Crippen molar-refractivity contribution in [1.29, 1.82) is 0 Å². The molecule has 0 aliphatic heterocycles. The lowest BCUT2D eigenvalue weighted by Crippen LogP contribution is -2.51. The van der Waals surface area contributed by atoms with Crippen molar-refractivity contribution >= 4 is 36.4 Å². The average molecular weight is 589 g/mol. The van der Waals surface area contributed by atoms with E-state index in [2.05, 4.69) is 20.1 Å². The van der Waals surface area contributed by atoms with Crippen LogP contribution in [0.15, 0.2) is 60.7 Å². The summed E-state index contributed by atoms with van der Waals surface area (Å²) < 4.78 is 9.08. The summed E-state index contributed by atoms with van der Waals surface area (Å²) in [5.41, 5.74) is 12.8. The van der Waals surface area contributed by atoms with E-state index in [1.165, 1.54) is 7.11 Å². The first kappa shape index (κ1) is 37.1. The smallest absolute Gasteiger partial charge is 0.373 e. The number of carboxylic acid groups (broad SMARTS) is 1. The van der Waals surface area contributed by atoms with E-state index in [9.17, 15) is 24.0 Å². The Kier molecular flexibility index (Phi) is 19.3. The van der Waals surface area contributed by atoms with Crippen LogP contribution in [0.25, 0.3) is 0 Å². The Hall–Kier alpha value is -4.91. The molecule has 2 amide bonds. The van der Waals surface area contributed by atoms with Crippen LogP contribution < -0.4 is 22.1 Å². The molecule has 0 heterocycles. The summed E-state index contributed by atoms with van der Waals surface area (Å²) in [5, 5.41) is 14.0. The Balaban J connectivity index is 0.000000739. The van der Waals surface area contributed by atoms with Crippen molar-refractivity contribution in [2.75, 3.05) is 13.7 Å². The van der Waals surface area contributed by atoms with Gasteiger partial charge in [-0.05, 0) is 17.5 Å². The molecule has 7 N–H and O–H groups in total. The molecule has 2 aromatic rings. The Morgan fingerprint density at radius 3 is 1.69 bits per heavy atom. The predicted octanol–water partition coefficient (Wildman–Crippen LogP) is -0.660. The number of rotatable bonds is 14. The first-order chi connectivity index (χ1) is 20.0. The molecule has 0 fully saturated rings. The minimum absolute atomic E-state index is 0.203. The highest BCUT2D eigenvalue weighted by Gasteiger charge is 2.25. The van der Waals surface area contributed by atoms with Crippen LogP contribution in [0.4, 0.5) is 0 Å². The molecule has 0 radical (unpaired) electrons. The van der Waals surface area contributed by atoms with Gasteiger partial charge in [0, 0.05) is 12.8 Å². The summed E-state index contributed by atoms with van der Waals surface area (Å²) in [6.07, 6.45) is 1.25. The number of nitrogens with one attached hydrogen (secondary N) is 2. The van der Waals surface area contributed by atoms with Gasteiger partial charge in [-0.3, -0.25) is 14.4 Å². The van der Waals surface area contributed by atoms with Crippen LogP contribution in [-0.4, -0.2) is 79.4 Å². The second-order valence-electron chi connectivity index (χ2n) is 8.50. The highest BCUT2D eigenvalue weighted by molar-refractivity contribution is 5.88. The number of carbonyl (C=O) groups is 5. The zero-order valence-corrected chi connectivity index (χ0v) is 23.3. The van der Waals surface area contributed by atoms with Gasteiger partial charge in [-0.25, -0.2) is 9.59 Å². The van der Waals surface area contributed by atoms with Crippen molar-refractivity contribution in [3.05, 3.63) is 71.8 Å². The van der Waals surface area contributed by atoms with Crippen molar-refractivity contribution < 1.29 is 48.1 Å². The Morgan fingerprint density at radius 1 is 0.857 bits per heavy atom. The Morgan fingerprint density at radius 2 is 1.29 bits per heavy atom. The van der Waals surface area contributed by atoms with Gasteiger partial charge in [-0.15, -0.1) is 0 Å². The van der Waals surface area contributed by atoms with Crippen LogP contribution in [0.1, 0.15) is 24.5 Å². The van der Waals surface area contributed by atoms with E-state index >= 15 is 0 Å². The van der Waals surface area contributed by atoms with E-state index in [1.54, 1.807) is 6.92 Å². The molecule has 2 aromatic carbocycles. The summed E-state index contributed by atoms with van der Waals surface area (Å²) in [6.45, 7) is 1.72. The van der Waals surface area contributed by atoms with Gasteiger partial charge in [-0.2, -0.15) is 9.59 Å². The number of benzene rings is 2. The van der Waals surface area contributed by atoms with E-state index in [0.717, 1.165) is 11.1 Å². The number of hydrogen-bond donors (Lipinski definition) is 5. The summed E-state index contributed by atoms with van der Waals surface area (Å²) in [6, 6.07) is 14.8. The molecule has 42 heavy (non-hydrogen) atoms. The maximum Gasteiger partial charge on any atom is 0.373 e. The Labute approximate surface area is 242 Å². The quantitative estimate of drug-likeness (QED) is 0.137. The van der Waals surface area contributed by atoms with Crippen LogP contribution in [0.2, 0.25) is 0 Å². The molecular formula is C28H36N4O10. The molecule has 2 rings (SSSR count). The minimum atomic E-state index is -1.06. The van der Waals surface area contributed by atoms with Gasteiger partial charge in [0.1, 0.15) is 24.7 Å². The highest BCUT2D eigenvalue weighted by atomic mass is 16.5. The first-order valence-corrected chi connectivity index (χ1v) is 12.6. The van der Waals surface area contributed by atoms with Gasteiger partial charge < -0.3 is 36.7 Å². The normalized spacial score (nSPS) is 12.5. The molecule has 4 unspecified atom stereocenters. The fourth-order valence-corrected chi connectivity index (χ4v) is 3.20. The van der Waals surface area contributed by atoms with E-state index in [1.807, 2.05) is 60.7 Å². The molecule has 228 valence electrons. The molecule has 0 saturated carbocycles. The largest absolute Gasteiger partial charge is 0.480 e. The van der Waals surface area contributed by atoms with Crippen molar-refractivity contribution in [1.82, 2.24) is 10.6 Å². The highest BCUT2D eigenvalue weighted by Crippen LogP contribution is 2.05. The van der Waals surface area contributed by atoms with Crippen molar-refractivity contribution in [3.8, 4) is 0 Å². The third-order valence-corrected chi connectivity index (χ3v) is 5.44. The predicted molar refractivity (Wildman–Crippen MR) is 147 cm³/mol. The third kappa shape index (κ3) is 15.6. The standard InChI is InChI=1S/C14H18N2O5.C13H18N2O3.CO2/c1-20-14(19)12(7-10-5-3-2-4-6-10)16-13(18)11(15)8-21-9-17;1-2-10(14)12(16)15-11(13(17)18)8-9-6-4-3-5-7-9;2-1-3/h2-6,9,11-12H,7-8,15H2,1H3,(H,16,18);3-7,10-11H,2,8,14H2,1H3,(H,15,16)(H,17,18);. The van der Waals surface area contributed by atoms with E-state index in [-0.39, 0.29) is 32.1 Å². The van der Waals surface area contributed by atoms with Gasteiger partial charge in [0.15, 0.2) is 0 Å². The van der Waals surface area contributed by atoms with Gasteiger partial charge in [0.2, 0.25) is 11.8 Å². The van der Waals surface area contributed by atoms with Crippen LogP contribution in [0.3, 0.4) is 0 Å². The topological polar surface area (TPSA) is 234 Å². The van der Waals surface area contributed by atoms with Crippen LogP contribution in [0, 0.1) is 0 Å². The fraction of sp³-hybridized carbons (Fsp3) is 0.357. The SMILES string of the molecule is CCC(N)C(=O)NC(Cc1ccccc1)C(=O)O.COC(=O)C(Cc1ccccc1)NC(=O)C(N)COC=O.O=C=O. The second-order valence-corrected chi connectivity index (χ2v) is 8.50. The minimum Gasteiger partial charge on any atom is -0.480 e. The van der Waals surface area contributed by atoms with Crippen molar-refractivity contribution in [2.24, 2.45) is 11.5 Å². The number of carbonyl (C=O) groups excluding carboxylic acids is 6. The molecule has 0 aliphatic carbocycles. The third-order valence-electron chi connectivity index (χ3n) is 5.44. The number of hydrogen-bond acceptors (Lipinski definition) is 11. The molecule has 0 aromatic heterocycles. The van der Waals surface area contributed by atoms with Crippen LogP contribution in [0.5, 0.6) is 0 Å². The van der Waals surface area contributed by atoms with Crippen LogP contribution in [-0.2, 0) is 55.9 Å². The molecule has 0 spiro atoms. The lowest BCUT2D eigenvalue weighted by Gasteiger charge is -2.19. The summed E-state index contributed by atoms with van der Waals surface area (Å²) in [4.78, 5) is 72.5. The molecular weight excluding hydrogens is 552 g/mol. The molecule has 14 nitrogen and oxygen atoms in total. The van der Waals surface area contributed by atoms with E-state index in [4.69, 9.17) is 26.2 Å². The number of carboxylic acids is 1. The van der Waals surface area contributed by atoms with Gasteiger partial charge in [0.25, 0.3) is 6.47 Å². The number of amides is 2. The lowest BCUT2D eigenvalue weighted by atomic mass is 10.1. The summed E-state index contributed by atoms with van der Waals surface area (Å²) >= 11 is 0. The number of nitrogens with two attached hydrogens (primary N) is 2. The van der Waals surface area contributed by atoms with Crippen molar-refractivity contribution in [3.63, 3.8) is 0 Å². The number of ether oxygens (including phenoxy) is 2. The molecule has 14 heteroatoms. The number of aliphatic carboxylic acids is 1. The zero-order valence-electron chi connectivity index (χ0n) is 23.3. The summed E-state index contributed by atoms with van der Waals surface area (Å²) in [7, 11) is 1.24. The summed E-state index contributed by atoms with van der Waals surface area (Å²) in [5.74, 6) is -2.66. The van der Waals surface area contributed by atoms with E-state index < -0.39 is 47.9 Å². The molecule has 0 aliphatic rings. The fourth-order valence-electron chi connectivity index (χ4n) is 3.20. The second kappa shape index (κ2) is 21.9. The maximum atomic E-state index is 11.8. The first-order valence-electron chi connectivity index (χ1n) is 12.6. The Bertz CT molecular complexity index is 1140. The zero-order chi connectivity index (χ0) is 31.9. The number of esters is 1. The molecule has 0 saturated heterocycles. The van der Waals surface area contributed by atoms with Gasteiger partial charge >= 0.3 is 18.1 Å². The molecule has 0 bridgehead atoms. The van der Waals surface area contributed by atoms with E-state index in [0.29, 0.717) is 6.42 Å². The number of methoxy groups -OCH3 is 1. The van der Waals surface area contributed by atoms with Gasteiger partial charge in [-0.1, -0.05) is 67.6 Å². The monoisotopic (exact) mass is 588 g/mol. The van der Waals surface area contributed by atoms with Gasteiger partial charge in [0.05, 0.1) is 13.2 Å². The lowest BCUT2D eigenvalue weighted by molar-refractivity contribution is -0.191.